The van der Waals surface area contributed by atoms with Gasteiger partial charge in [0.25, 0.3) is 5.56 Å². The molecular formula is C19H26N2O. The maximum Gasteiger partial charge on any atom is 0.261 e. The number of aromatic nitrogens is 2. The molecule has 1 aliphatic rings. The van der Waals surface area contributed by atoms with Crippen molar-refractivity contribution in [3.63, 3.8) is 0 Å². The summed E-state index contributed by atoms with van der Waals surface area (Å²) in [5.74, 6) is 2.19. The number of benzene rings is 1. The van der Waals surface area contributed by atoms with Crippen LogP contribution < -0.4 is 5.56 Å². The Morgan fingerprint density at radius 2 is 1.95 bits per heavy atom. The minimum Gasteiger partial charge on any atom is -0.299 e. The Kier molecular flexibility index (Phi) is 4.32. The third-order valence-corrected chi connectivity index (χ3v) is 5.23. The van der Waals surface area contributed by atoms with Crippen molar-refractivity contribution < 1.29 is 0 Å². The van der Waals surface area contributed by atoms with Gasteiger partial charge in [0.2, 0.25) is 0 Å². The number of hydrogen-bond acceptors (Lipinski definition) is 2. The average molecular weight is 298 g/mol. The Hall–Kier alpha value is -1.64. The van der Waals surface area contributed by atoms with E-state index in [0.717, 1.165) is 22.6 Å². The van der Waals surface area contributed by atoms with E-state index >= 15 is 0 Å². The lowest BCUT2D eigenvalue weighted by atomic mass is 9.81. The second-order valence-electron chi connectivity index (χ2n) is 6.98. The molecular weight excluding hydrogens is 272 g/mol. The van der Waals surface area contributed by atoms with Gasteiger partial charge in [-0.3, -0.25) is 9.36 Å². The maximum absolute atomic E-state index is 12.3. The largest absolute Gasteiger partial charge is 0.299 e. The Balaban J connectivity index is 2.00. The Morgan fingerprint density at radius 3 is 2.77 bits per heavy atom. The van der Waals surface area contributed by atoms with E-state index in [9.17, 15) is 4.79 Å². The molecule has 22 heavy (non-hydrogen) atoms. The predicted molar refractivity (Wildman–Crippen MR) is 91.3 cm³/mol. The monoisotopic (exact) mass is 298 g/mol. The lowest BCUT2D eigenvalue weighted by Crippen LogP contribution is -2.20. The van der Waals surface area contributed by atoms with Crippen molar-refractivity contribution in [2.45, 2.75) is 58.3 Å². The van der Waals surface area contributed by atoms with Crippen molar-refractivity contribution >= 4 is 10.9 Å². The first kappa shape index (κ1) is 15.3. The number of aryl methyl sites for hydroxylation is 1. The van der Waals surface area contributed by atoms with Crippen molar-refractivity contribution in [2.75, 3.05) is 0 Å². The van der Waals surface area contributed by atoms with Gasteiger partial charge in [0.05, 0.1) is 10.9 Å². The summed E-state index contributed by atoms with van der Waals surface area (Å²) in [6.45, 7) is 4.27. The molecule has 1 heterocycles. The standard InChI is InChI=1S/C19H26N2O/c1-13-7-5-4-6-8-15(11-13)16-9-10-17-18(12-16)20-14(2)21(3)19(17)22/h9-10,12-13,15H,4-8,11H2,1-3H3. The van der Waals surface area contributed by atoms with Crippen molar-refractivity contribution in [1.82, 2.24) is 9.55 Å². The van der Waals surface area contributed by atoms with Gasteiger partial charge in [-0.2, -0.15) is 0 Å². The molecule has 0 bridgehead atoms. The van der Waals surface area contributed by atoms with E-state index in [1.165, 1.54) is 44.1 Å². The highest BCUT2D eigenvalue weighted by Gasteiger charge is 2.18. The average Bonchev–Trinajstić information content (AvgIpc) is 2.48. The van der Waals surface area contributed by atoms with Crippen LogP contribution in [0.2, 0.25) is 0 Å². The molecule has 1 aliphatic carbocycles. The van der Waals surface area contributed by atoms with Crippen molar-refractivity contribution in [1.29, 1.82) is 0 Å². The van der Waals surface area contributed by atoms with Gasteiger partial charge < -0.3 is 0 Å². The molecule has 0 aliphatic heterocycles. The summed E-state index contributed by atoms with van der Waals surface area (Å²) >= 11 is 0. The first-order chi connectivity index (χ1) is 10.6. The Morgan fingerprint density at radius 1 is 1.18 bits per heavy atom. The highest BCUT2D eigenvalue weighted by atomic mass is 16.1. The Bertz CT molecular complexity index is 732. The van der Waals surface area contributed by atoms with Crippen LogP contribution in [0.5, 0.6) is 0 Å². The zero-order valence-electron chi connectivity index (χ0n) is 13.9. The molecule has 0 radical (unpaired) electrons. The van der Waals surface area contributed by atoms with Gasteiger partial charge in [-0.25, -0.2) is 4.98 Å². The minimum absolute atomic E-state index is 0.0556. The van der Waals surface area contributed by atoms with E-state index in [1.54, 1.807) is 11.6 Å². The number of nitrogens with zero attached hydrogens (tertiary/aromatic N) is 2. The fourth-order valence-electron chi connectivity index (χ4n) is 3.74. The van der Waals surface area contributed by atoms with Crippen LogP contribution in [0.3, 0.4) is 0 Å². The van der Waals surface area contributed by atoms with Gasteiger partial charge in [0, 0.05) is 7.05 Å². The summed E-state index contributed by atoms with van der Waals surface area (Å²) in [6, 6.07) is 6.28. The third kappa shape index (κ3) is 2.94. The molecule has 2 unspecified atom stereocenters. The van der Waals surface area contributed by atoms with Crippen LogP contribution in [0.15, 0.2) is 23.0 Å². The lowest BCUT2D eigenvalue weighted by Gasteiger charge is -2.24. The van der Waals surface area contributed by atoms with Gasteiger partial charge in [-0.1, -0.05) is 38.7 Å². The van der Waals surface area contributed by atoms with E-state index in [2.05, 4.69) is 24.0 Å². The molecule has 1 saturated carbocycles. The first-order valence-electron chi connectivity index (χ1n) is 8.53. The maximum atomic E-state index is 12.3. The van der Waals surface area contributed by atoms with Crippen molar-refractivity contribution in [2.24, 2.45) is 13.0 Å². The molecule has 0 spiro atoms. The zero-order chi connectivity index (χ0) is 15.7. The second-order valence-corrected chi connectivity index (χ2v) is 6.98. The summed E-state index contributed by atoms with van der Waals surface area (Å²) < 4.78 is 1.62. The highest BCUT2D eigenvalue weighted by Crippen LogP contribution is 2.34. The highest BCUT2D eigenvalue weighted by molar-refractivity contribution is 5.78. The summed E-state index contributed by atoms with van der Waals surface area (Å²) in [5, 5.41) is 0.732. The van der Waals surface area contributed by atoms with Crippen LogP contribution >= 0.6 is 0 Å². The van der Waals surface area contributed by atoms with E-state index < -0.39 is 0 Å². The molecule has 2 atom stereocenters. The van der Waals surface area contributed by atoms with Crippen LogP contribution in [0, 0.1) is 12.8 Å². The van der Waals surface area contributed by atoms with Crippen LogP contribution in [-0.4, -0.2) is 9.55 Å². The van der Waals surface area contributed by atoms with Gasteiger partial charge in [0.15, 0.2) is 0 Å². The van der Waals surface area contributed by atoms with E-state index in [1.807, 2.05) is 13.0 Å². The summed E-state index contributed by atoms with van der Waals surface area (Å²) in [5.41, 5.74) is 2.27. The normalized spacial score (nSPS) is 23.2. The molecule has 3 nitrogen and oxygen atoms in total. The Labute approximate surface area is 132 Å². The summed E-state index contributed by atoms with van der Waals surface area (Å²) in [4.78, 5) is 16.9. The molecule has 3 rings (SSSR count). The second kappa shape index (κ2) is 6.23. The first-order valence-corrected chi connectivity index (χ1v) is 8.53. The van der Waals surface area contributed by atoms with Crippen LogP contribution in [-0.2, 0) is 7.05 Å². The van der Waals surface area contributed by atoms with E-state index in [4.69, 9.17) is 0 Å². The molecule has 118 valence electrons. The molecule has 0 N–H and O–H groups in total. The van der Waals surface area contributed by atoms with Crippen LogP contribution in [0.25, 0.3) is 10.9 Å². The van der Waals surface area contributed by atoms with Crippen molar-refractivity contribution in [3.05, 3.63) is 39.9 Å². The molecule has 3 heteroatoms. The summed E-state index contributed by atoms with van der Waals surface area (Å²) in [7, 11) is 1.79. The number of rotatable bonds is 1. The van der Waals surface area contributed by atoms with E-state index in [0.29, 0.717) is 5.92 Å². The summed E-state index contributed by atoms with van der Waals surface area (Å²) in [6.07, 6.45) is 7.92. The smallest absolute Gasteiger partial charge is 0.261 e. The molecule has 0 amide bonds. The number of hydrogen-bond donors (Lipinski definition) is 0. The number of fused-ring (bicyclic) bond motifs is 1. The predicted octanol–water partition coefficient (Wildman–Crippen LogP) is 4.32. The van der Waals surface area contributed by atoms with Gasteiger partial charge in [-0.15, -0.1) is 0 Å². The molecule has 2 aromatic rings. The quantitative estimate of drug-likeness (QED) is 0.786. The van der Waals surface area contributed by atoms with Gasteiger partial charge in [0.1, 0.15) is 5.82 Å². The molecule has 1 aromatic heterocycles. The molecule has 1 aromatic carbocycles. The fraction of sp³-hybridized carbons (Fsp3) is 0.579. The van der Waals surface area contributed by atoms with Crippen LogP contribution in [0.1, 0.15) is 62.8 Å². The van der Waals surface area contributed by atoms with Crippen LogP contribution in [0.4, 0.5) is 0 Å². The van der Waals surface area contributed by atoms with Gasteiger partial charge >= 0.3 is 0 Å². The molecule has 0 saturated heterocycles. The third-order valence-electron chi connectivity index (χ3n) is 5.23. The lowest BCUT2D eigenvalue weighted by molar-refractivity contribution is 0.369. The zero-order valence-corrected chi connectivity index (χ0v) is 13.9. The molecule has 1 fully saturated rings. The van der Waals surface area contributed by atoms with E-state index in [-0.39, 0.29) is 5.56 Å². The minimum atomic E-state index is 0.0556. The fourth-order valence-corrected chi connectivity index (χ4v) is 3.74. The van der Waals surface area contributed by atoms with Crippen molar-refractivity contribution in [3.8, 4) is 0 Å². The topological polar surface area (TPSA) is 34.9 Å². The SMILES string of the molecule is Cc1nc2cc(C3CCCCCC(C)C3)ccc2c(=O)n1C. The van der Waals surface area contributed by atoms with Gasteiger partial charge in [-0.05, 0) is 49.3 Å².